The summed E-state index contributed by atoms with van der Waals surface area (Å²) < 4.78 is 15.5. The minimum atomic E-state index is -0.251. The summed E-state index contributed by atoms with van der Waals surface area (Å²) in [5.41, 5.74) is 8.73. The molecule has 2 N–H and O–H groups in total. The second-order valence-corrected chi connectivity index (χ2v) is 5.36. The van der Waals surface area contributed by atoms with Crippen molar-refractivity contribution in [2.75, 3.05) is 5.73 Å². The number of nitrogen functional groups attached to an aromatic ring is 1. The van der Waals surface area contributed by atoms with E-state index < -0.39 is 0 Å². The predicted molar refractivity (Wildman–Crippen MR) is 74.4 cm³/mol. The molecule has 19 heavy (non-hydrogen) atoms. The van der Waals surface area contributed by atoms with Crippen LogP contribution in [0.25, 0.3) is 11.3 Å². The zero-order chi connectivity index (χ0) is 13.6. The molecular weight excluding hydrogens is 241 g/mol. The van der Waals surface area contributed by atoms with Crippen LogP contribution in [0.1, 0.15) is 37.1 Å². The van der Waals surface area contributed by atoms with Crippen LogP contribution in [-0.4, -0.2) is 9.55 Å². The van der Waals surface area contributed by atoms with E-state index in [1.54, 1.807) is 6.07 Å². The van der Waals surface area contributed by atoms with Crippen molar-refractivity contribution in [3.8, 4) is 11.3 Å². The molecule has 0 spiro atoms. The van der Waals surface area contributed by atoms with Crippen molar-refractivity contribution in [2.45, 2.75) is 39.2 Å². The first kappa shape index (κ1) is 12.2. The van der Waals surface area contributed by atoms with E-state index >= 15 is 0 Å². The number of benzene rings is 1. The number of imidazole rings is 1. The molecule has 1 aromatic heterocycles. The van der Waals surface area contributed by atoms with Crippen molar-refractivity contribution in [1.82, 2.24) is 9.55 Å². The van der Waals surface area contributed by atoms with Crippen molar-refractivity contribution in [3.05, 3.63) is 35.4 Å². The molecule has 0 fully saturated rings. The lowest BCUT2D eigenvalue weighted by Crippen LogP contribution is -2.15. The Morgan fingerprint density at radius 1 is 1.42 bits per heavy atom. The summed E-state index contributed by atoms with van der Waals surface area (Å²) in [7, 11) is 0. The topological polar surface area (TPSA) is 43.8 Å². The molecule has 0 saturated heterocycles. The van der Waals surface area contributed by atoms with E-state index in [-0.39, 0.29) is 5.82 Å². The number of nitrogens with zero attached hydrogens (tertiary/aromatic N) is 2. The van der Waals surface area contributed by atoms with Gasteiger partial charge < -0.3 is 10.3 Å². The van der Waals surface area contributed by atoms with E-state index in [0.29, 0.717) is 11.7 Å². The van der Waals surface area contributed by atoms with Gasteiger partial charge in [-0.3, -0.25) is 0 Å². The van der Waals surface area contributed by atoms with Gasteiger partial charge in [-0.15, -0.1) is 0 Å². The number of aryl methyl sites for hydroxylation is 1. The van der Waals surface area contributed by atoms with Crippen LogP contribution in [0.4, 0.5) is 10.2 Å². The van der Waals surface area contributed by atoms with E-state index in [9.17, 15) is 4.39 Å². The number of nitrogens with two attached hydrogens (primary N) is 1. The van der Waals surface area contributed by atoms with E-state index in [1.807, 2.05) is 6.92 Å². The quantitative estimate of drug-likeness (QED) is 0.852. The molecule has 3 nitrogen and oxygen atoms in total. The third-order valence-corrected chi connectivity index (χ3v) is 3.95. The molecule has 2 heterocycles. The normalized spacial score (nSPS) is 18.4. The van der Waals surface area contributed by atoms with Gasteiger partial charge in [0.1, 0.15) is 23.2 Å². The van der Waals surface area contributed by atoms with Gasteiger partial charge in [-0.25, -0.2) is 9.37 Å². The summed E-state index contributed by atoms with van der Waals surface area (Å²) in [5, 5.41) is 0. The predicted octanol–water partition coefficient (Wildman–Crippen LogP) is 3.48. The van der Waals surface area contributed by atoms with Gasteiger partial charge in [0.25, 0.3) is 0 Å². The van der Waals surface area contributed by atoms with Gasteiger partial charge in [-0.05, 0) is 37.5 Å². The molecule has 1 aromatic carbocycles. The largest absolute Gasteiger partial charge is 0.383 e. The Morgan fingerprint density at radius 2 is 2.21 bits per heavy atom. The first-order valence-electron chi connectivity index (χ1n) is 6.70. The van der Waals surface area contributed by atoms with E-state index in [0.717, 1.165) is 42.0 Å². The number of hydrogen-bond acceptors (Lipinski definition) is 2. The van der Waals surface area contributed by atoms with Crippen LogP contribution in [0.5, 0.6) is 0 Å². The first-order chi connectivity index (χ1) is 9.08. The maximum absolute atomic E-state index is 13.4. The second-order valence-electron chi connectivity index (χ2n) is 5.36. The van der Waals surface area contributed by atoms with Crippen LogP contribution in [0, 0.1) is 12.7 Å². The lowest BCUT2D eigenvalue weighted by molar-refractivity contribution is 0.467. The highest BCUT2D eigenvalue weighted by Gasteiger charge is 2.24. The number of anilines is 1. The summed E-state index contributed by atoms with van der Waals surface area (Å²) in [4.78, 5) is 4.67. The molecule has 1 aliphatic rings. The van der Waals surface area contributed by atoms with E-state index in [2.05, 4.69) is 16.5 Å². The summed E-state index contributed by atoms with van der Waals surface area (Å²) in [6.45, 7) is 5.03. The van der Waals surface area contributed by atoms with Gasteiger partial charge in [-0.1, -0.05) is 13.0 Å². The van der Waals surface area contributed by atoms with Crippen LogP contribution >= 0.6 is 0 Å². The Balaban J connectivity index is 2.18. The molecule has 0 saturated carbocycles. The SMILES string of the molecule is Cc1ccc(F)cc1-c1nc2n(c1N)CCCC2C. The fraction of sp³-hybridized carbons (Fsp3) is 0.400. The smallest absolute Gasteiger partial charge is 0.131 e. The minimum absolute atomic E-state index is 0.251. The second kappa shape index (κ2) is 4.37. The summed E-state index contributed by atoms with van der Waals surface area (Å²) in [6.07, 6.45) is 2.26. The van der Waals surface area contributed by atoms with Gasteiger partial charge in [0.05, 0.1) is 0 Å². The fourth-order valence-electron chi connectivity index (χ4n) is 2.83. The molecule has 100 valence electrons. The van der Waals surface area contributed by atoms with Gasteiger partial charge >= 0.3 is 0 Å². The zero-order valence-corrected chi connectivity index (χ0v) is 11.3. The Morgan fingerprint density at radius 3 is 2.95 bits per heavy atom. The Hall–Kier alpha value is -1.84. The average Bonchev–Trinajstić information content (AvgIpc) is 2.72. The fourth-order valence-corrected chi connectivity index (χ4v) is 2.83. The highest BCUT2D eigenvalue weighted by atomic mass is 19.1. The van der Waals surface area contributed by atoms with Gasteiger partial charge in [0.2, 0.25) is 0 Å². The van der Waals surface area contributed by atoms with Crippen molar-refractivity contribution >= 4 is 5.82 Å². The van der Waals surface area contributed by atoms with Crippen LogP contribution < -0.4 is 5.73 Å². The van der Waals surface area contributed by atoms with Crippen molar-refractivity contribution in [1.29, 1.82) is 0 Å². The lowest BCUT2D eigenvalue weighted by Gasteiger charge is -2.20. The molecule has 2 aromatic rings. The molecule has 0 bridgehead atoms. The molecule has 1 unspecified atom stereocenters. The first-order valence-corrected chi connectivity index (χ1v) is 6.70. The molecule has 0 amide bonds. The van der Waals surface area contributed by atoms with Gasteiger partial charge in [0, 0.05) is 18.0 Å². The van der Waals surface area contributed by atoms with E-state index in [1.165, 1.54) is 12.1 Å². The number of halogens is 1. The van der Waals surface area contributed by atoms with Crippen molar-refractivity contribution in [2.24, 2.45) is 0 Å². The van der Waals surface area contributed by atoms with Crippen molar-refractivity contribution < 1.29 is 4.39 Å². The highest BCUT2D eigenvalue weighted by Crippen LogP contribution is 2.35. The van der Waals surface area contributed by atoms with Crippen LogP contribution in [0.3, 0.4) is 0 Å². The number of rotatable bonds is 1. The zero-order valence-electron chi connectivity index (χ0n) is 11.3. The number of hydrogen-bond donors (Lipinski definition) is 1. The molecule has 0 radical (unpaired) electrons. The molecule has 1 aliphatic heterocycles. The monoisotopic (exact) mass is 259 g/mol. The Bertz CT molecular complexity index is 631. The lowest BCUT2D eigenvalue weighted by atomic mass is 10.0. The highest BCUT2D eigenvalue weighted by molar-refractivity contribution is 5.74. The van der Waals surface area contributed by atoms with Gasteiger partial charge in [0.15, 0.2) is 0 Å². The Labute approximate surface area is 112 Å². The summed E-state index contributed by atoms with van der Waals surface area (Å²) in [6, 6.07) is 4.75. The number of fused-ring (bicyclic) bond motifs is 1. The molecular formula is C15H18FN3. The molecule has 4 heteroatoms. The van der Waals surface area contributed by atoms with Crippen LogP contribution in [0.15, 0.2) is 18.2 Å². The van der Waals surface area contributed by atoms with Crippen molar-refractivity contribution in [3.63, 3.8) is 0 Å². The maximum atomic E-state index is 13.4. The third-order valence-electron chi connectivity index (χ3n) is 3.95. The standard InChI is InChI=1S/C15H18FN3/c1-9-5-6-11(16)8-12(9)13-14(17)19-7-3-4-10(2)15(19)18-13/h5-6,8,10H,3-4,7,17H2,1-2H3. The maximum Gasteiger partial charge on any atom is 0.131 e. The minimum Gasteiger partial charge on any atom is -0.383 e. The van der Waals surface area contributed by atoms with Crippen LogP contribution in [-0.2, 0) is 6.54 Å². The number of aromatic nitrogens is 2. The molecule has 0 aliphatic carbocycles. The Kier molecular flexibility index (Phi) is 2.81. The van der Waals surface area contributed by atoms with E-state index in [4.69, 9.17) is 5.73 Å². The van der Waals surface area contributed by atoms with Gasteiger partial charge in [-0.2, -0.15) is 0 Å². The molecule has 1 atom stereocenters. The summed E-state index contributed by atoms with van der Waals surface area (Å²) in [5.74, 6) is 1.86. The molecule has 3 rings (SSSR count). The summed E-state index contributed by atoms with van der Waals surface area (Å²) >= 11 is 0. The average molecular weight is 259 g/mol. The third kappa shape index (κ3) is 1.91. The van der Waals surface area contributed by atoms with Crippen LogP contribution in [0.2, 0.25) is 0 Å².